The van der Waals surface area contributed by atoms with E-state index < -0.39 is 0 Å². The van der Waals surface area contributed by atoms with Crippen LogP contribution in [0.1, 0.15) is 65.7 Å². The molecule has 0 aromatic heterocycles. The van der Waals surface area contributed by atoms with Crippen LogP contribution >= 0.6 is 12.6 Å². The van der Waals surface area contributed by atoms with Gasteiger partial charge in [-0.2, -0.15) is 12.6 Å². The van der Waals surface area contributed by atoms with Crippen LogP contribution in [0, 0.1) is 16.7 Å². The molecule has 0 N–H and O–H groups in total. The zero-order valence-corrected chi connectivity index (χ0v) is 14.1. The van der Waals surface area contributed by atoms with Crippen LogP contribution in [-0.2, 0) is 0 Å². The van der Waals surface area contributed by atoms with Crippen LogP contribution in [-0.4, -0.2) is 30.3 Å². The first-order chi connectivity index (χ1) is 8.95. The van der Waals surface area contributed by atoms with Crippen molar-refractivity contribution >= 4 is 12.6 Å². The van der Waals surface area contributed by atoms with Crippen molar-refractivity contribution in [3.8, 4) is 0 Å². The molecule has 1 aliphatic carbocycles. The SMILES string of the molecule is CC(C)(C)C1CCN(CC2(CS)CCCCC2)CC1. The molecule has 2 rings (SSSR count). The summed E-state index contributed by atoms with van der Waals surface area (Å²) in [5.74, 6) is 2.01. The molecule has 2 fully saturated rings. The summed E-state index contributed by atoms with van der Waals surface area (Å²) < 4.78 is 0. The summed E-state index contributed by atoms with van der Waals surface area (Å²) in [7, 11) is 0. The van der Waals surface area contributed by atoms with Gasteiger partial charge in [-0.1, -0.05) is 40.0 Å². The number of likely N-dealkylation sites (tertiary alicyclic amines) is 1. The summed E-state index contributed by atoms with van der Waals surface area (Å²) in [6.45, 7) is 11.2. The van der Waals surface area contributed by atoms with E-state index in [0.29, 0.717) is 10.8 Å². The molecule has 1 saturated heterocycles. The molecule has 1 saturated carbocycles. The maximum absolute atomic E-state index is 4.69. The van der Waals surface area contributed by atoms with Crippen molar-refractivity contribution in [3.63, 3.8) is 0 Å². The van der Waals surface area contributed by atoms with E-state index in [-0.39, 0.29) is 0 Å². The third-order valence-electron chi connectivity index (χ3n) is 5.62. The van der Waals surface area contributed by atoms with E-state index in [4.69, 9.17) is 0 Å². The van der Waals surface area contributed by atoms with Crippen molar-refractivity contribution in [2.24, 2.45) is 16.7 Å². The van der Waals surface area contributed by atoms with Crippen molar-refractivity contribution < 1.29 is 0 Å². The van der Waals surface area contributed by atoms with Gasteiger partial charge < -0.3 is 4.90 Å². The Morgan fingerprint density at radius 3 is 2.11 bits per heavy atom. The third-order valence-corrected chi connectivity index (χ3v) is 6.29. The summed E-state index contributed by atoms with van der Waals surface area (Å²) in [4.78, 5) is 2.74. The van der Waals surface area contributed by atoms with Gasteiger partial charge in [-0.3, -0.25) is 0 Å². The highest BCUT2D eigenvalue weighted by Crippen LogP contribution is 2.40. The van der Waals surface area contributed by atoms with Gasteiger partial charge in [-0.15, -0.1) is 0 Å². The summed E-state index contributed by atoms with van der Waals surface area (Å²) in [5.41, 5.74) is 1.04. The Morgan fingerprint density at radius 2 is 1.63 bits per heavy atom. The average Bonchev–Trinajstić information content (AvgIpc) is 2.39. The topological polar surface area (TPSA) is 3.24 Å². The zero-order valence-electron chi connectivity index (χ0n) is 13.2. The fraction of sp³-hybridized carbons (Fsp3) is 1.00. The quantitative estimate of drug-likeness (QED) is 0.739. The number of rotatable bonds is 3. The normalized spacial score (nSPS) is 26.5. The van der Waals surface area contributed by atoms with Gasteiger partial charge in [0.15, 0.2) is 0 Å². The highest BCUT2D eigenvalue weighted by molar-refractivity contribution is 7.80. The smallest absolute Gasteiger partial charge is 0.00458 e. The first kappa shape index (κ1) is 15.7. The Balaban J connectivity index is 1.84. The zero-order chi connectivity index (χ0) is 13.9. The summed E-state index contributed by atoms with van der Waals surface area (Å²) >= 11 is 4.69. The Bertz CT molecular complexity index is 267. The number of piperidine rings is 1. The minimum atomic E-state index is 0.498. The molecule has 0 atom stereocenters. The molecular formula is C17H33NS. The van der Waals surface area contributed by atoms with E-state index in [1.165, 1.54) is 64.6 Å². The van der Waals surface area contributed by atoms with Gasteiger partial charge in [-0.25, -0.2) is 0 Å². The standard InChI is InChI=1S/C17H33NS/c1-16(2,3)15-7-11-18(12-8-15)13-17(14-19)9-5-4-6-10-17/h15,19H,4-14H2,1-3H3. The van der Waals surface area contributed by atoms with Crippen molar-refractivity contribution in [2.75, 3.05) is 25.4 Å². The summed E-state index contributed by atoms with van der Waals surface area (Å²) in [6.07, 6.45) is 9.92. The van der Waals surface area contributed by atoms with E-state index in [1.807, 2.05) is 0 Å². The lowest BCUT2D eigenvalue weighted by Crippen LogP contribution is -2.45. The molecule has 0 bridgehead atoms. The van der Waals surface area contributed by atoms with E-state index in [1.54, 1.807) is 0 Å². The lowest BCUT2D eigenvalue weighted by atomic mass is 9.73. The molecule has 0 unspecified atom stereocenters. The summed E-state index contributed by atoms with van der Waals surface area (Å²) in [5, 5.41) is 0. The van der Waals surface area contributed by atoms with E-state index >= 15 is 0 Å². The first-order valence-corrected chi connectivity index (χ1v) is 8.92. The van der Waals surface area contributed by atoms with Gasteiger partial charge in [0.2, 0.25) is 0 Å². The second kappa shape index (κ2) is 6.39. The van der Waals surface area contributed by atoms with Crippen LogP contribution in [0.2, 0.25) is 0 Å². The maximum atomic E-state index is 4.69. The Labute approximate surface area is 125 Å². The van der Waals surface area contributed by atoms with Gasteiger partial charge in [0, 0.05) is 6.54 Å². The van der Waals surface area contributed by atoms with E-state index in [0.717, 1.165) is 11.7 Å². The molecule has 0 radical (unpaired) electrons. The molecule has 0 amide bonds. The predicted molar refractivity (Wildman–Crippen MR) is 88.0 cm³/mol. The fourth-order valence-corrected chi connectivity index (χ4v) is 4.52. The highest BCUT2D eigenvalue weighted by Gasteiger charge is 2.35. The molecule has 1 heterocycles. The predicted octanol–water partition coefficient (Wildman–Crippen LogP) is 4.62. The van der Waals surface area contributed by atoms with Crippen LogP contribution < -0.4 is 0 Å². The van der Waals surface area contributed by atoms with Gasteiger partial charge >= 0.3 is 0 Å². The number of thiol groups is 1. The molecule has 1 aliphatic heterocycles. The monoisotopic (exact) mass is 283 g/mol. The molecule has 112 valence electrons. The van der Waals surface area contributed by atoms with Crippen molar-refractivity contribution in [3.05, 3.63) is 0 Å². The van der Waals surface area contributed by atoms with E-state index in [2.05, 4.69) is 38.3 Å². The van der Waals surface area contributed by atoms with Crippen LogP contribution in [0.15, 0.2) is 0 Å². The van der Waals surface area contributed by atoms with Crippen LogP contribution in [0.4, 0.5) is 0 Å². The Morgan fingerprint density at radius 1 is 1.05 bits per heavy atom. The van der Waals surface area contributed by atoms with Crippen LogP contribution in [0.3, 0.4) is 0 Å². The largest absolute Gasteiger partial charge is 0.303 e. The second-order valence-electron chi connectivity index (χ2n) is 8.14. The maximum Gasteiger partial charge on any atom is 0.00458 e. The van der Waals surface area contributed by atoms with Gasteiger partial charge in [0.05, 0.1) is 0 Å². The van der Waals surface area contributed by atoms with Crippen LogP contribution in [0.5, 0.6) is 0 Å². The first-order valence-electron chi connectivity index (χ1n) is 8.28. The van der Waals surface area contributed by atoms with Gasteiger partial charge in [0.25, 0.3) is 0 Å². The lowest BCUT2D eigenvalue weighted by Gasteiger charge is -2.44. The summed E-state index contributed by atoms with van der Waals surface area (Å²) in [6, 6.07) is 0. The molecule has 19 heavy (non-hydrogen) atoms. The van der Waals surface area contributed by atoms with Crippen molar-refractivity contribution in [1.29, 1.82) is 0 Å². The molecular weight excluding hydrogens is 250 g/mol. The number of hydrogen-bond acceptors (Lipinski definition) is 2. The van der Waals surface area contributed by atoms with Crippen LogP contribution in [0.25, 0.3) is 0 Å². The number of nitrogens with zero attached hydrogens (tertiary/aromatic N) is 1. The molecule has 0 spiro atoms. The number of hydrogen-bond donors (Lipinski definition) is 1. The third kappa shape index (κ3) is 4.14. The highest BCUT2D eigenvalue weighted by atomic mass is 32.1. The Hall–Kier alpha value is 0.310. The molecule has 1 nitrogen and oxygen atoms in total. The lowest BCUT2D eigenvalue weighted by molar-refractivity contribution is 0.0667. The molecule has 2 heteroatoms. The molecule has 2 aliphatic rings. The van der Waals surface area contributed by atoms with Crippen molar-refractivity contribution in [2.45, 2.75) is 65.7 Å². The molecule has 0 aromatic rings. The van der Waals surface area contributed by atoms with Crippen molar-refractivity contribution in [1.82, 2.24) is 4.90 Å². The van der Waals surface area contributed by atoms with Gasteiger partial charge in [0.1, 0.15) is 0 Å². The van der Waals surface area contributed by atoms with Gasteiger partial charge in [-0.05, 0) is 61.3 Å². The molecule has 0 aromatic carbocycles. The second-order valence-corrected chi connectivity index (χ2v) is 8.45. The van der Waals surface area contributed by atoms with E-state index in [9.17, 15) is 0 Å². The minimum Gasteiger partial charge on any atom is -0.303 e. The fourth-order valence-electron chi connectivity index (χ4n) is 4.10. The Kier molecular flexibility index (Phi) is 5.28. The minimum absolute atomic E-state index is 0.498. The average molecular weight is 284 g/mol.